The van der Waals surface area contributed by atoms with Crippen molar-refractivity contribution in [1.82, 2.24) is 4.72 Å². The van der Waals surface area contributed by atoms with Crippen molar-refractivity contribution < 1.29 is 23.1 Å². The number of sulfonamides is 1. The highest BCUT2D eigenvalue weighted by molar-refractivity contribution is 7.89. The summed E-state index contributed by atoms with van der Waals surface area (Å²) in [5.41, 5.74) is 3.11. The van der Waals surface area contributed by atoms with E-state index in [1.165, 1.54) is 12.1 Å². The molecule has 0 fully saturated rings. The van der Waals surface area contributed by atoms with E-state index < -0.39 is 28.6 Å². The molecule has 9 heteroatoms. The molecular formula is C24H21Cl2NO5S. The normalized spacial score (nSPS) is 15.6. The molecule has 33 heavy (non-hydrogen) atoms. The van der Waals surface area contributed by atoms with Crippen molar-refractivity contribution in [2.45, 2.75) is 30.2 Å². The average Bonchev–Trinajstić information content (AvgIpc) is 2.79. The van der Waals surface area contributed by atoms with Crippen LogP contribution < -0.4 is 9.46 Å². The molecule has 1 aliphatic rings. The Morgan fingerprint density at radius 1 is 1.09 bits per heavy atom. The molecule has 0 aliphatic heterocycles. The second kappa shape index (κ2) is 9.73. The summed E-state index contributed by atoms with van der Waals surface area (Å²) in [6, 6.07) is 16.4. The molecule has 172 valence electrons. The van der Waals surface area contributed by atoms with Gasteiger partial charge in [-0.05, 0) is 72.4 Å². The van der Waals surface area contributed by atoms with E-state index in [0.29, 0.717) is 28.6 Å². The predicted molar refractivity (Wildman–Crippen MR) is 127 cm³/mol. The minimum Gasteiger partial charge on any atom is -0.482 e. The van der Waals surface area contributed by atoms with Crippen molar-refractivity contribution in [1.29, 1.82) is 0 Å². The number of carboxylic acids is 1. The Kier molecular flexibility index (Phi) is 6.95. The number of benzene rings is 3. The molecule has 6 nitrogen and oxygen atoms in total. The highest BCUT2D eigenvalue weighted by Gasteiger charge is 2.27. The SMILES string of the molecule is O=C(O)COc1cccc2c1CCC[C@H]2NS(=O)(=O)c1ccc(-c2cc(Cl)ccc2Cl)cc1. The van der Waals surface area contributed by atoms with Crippen molar-refractivity contribution in [3.63, 3.8) is 0 Å². The number of ether oxygens (including phenoxy) is 1. The maximum Gasteiger partial charge on any atom is 0.341 e. The fraction of sp³-hybridized carbons (Fsp3) is 0.208. The van der Waals surface area contributed by atoms with Crippen LogP contribution in [0.5, 0.6) is 5.75 Å². The Bertz CT molecular complexity index is 1290. The lowest BCUT2D eigenvalue weighted by molar-refractivity contribution is -0.139. The fourth-order valence-electron chi connectivity index (χ4n) is 4.00. The number of carboxylic acid groups (broad SMARTS) is 1. The first-order valence-corrected chi connectivity index (χ1v) is 12.5. The van der Waals surface area contributed by atoms with Gasteiger partial charge in [-0.25, -0.2) is 17.9 Å². The van der Waals surface area contributed by atoms with E-state index in [-0.39, 0.29) is 4.90 Å². The number of fused-ring (bicyclic) bond motifs is 1. The molecule has 4 rings (SSSR count). The number of hydrogen-bond acceptors (Lipinski definition) is 4. The van der Waals surface area contributed by atoms with Crippen LogP contribution in [0.25, 0.3) is 11.1 Å². The van der Waals surface area contributed by atoms with Gasteiger partial charge in [0.15, 0.2) is 6.61 Å². The number of halogens is 2. The predicted octanol–water partition coefficient (Wildman–Crippen LogP) is 5.48. The molecule has 2 N–H and O–H groups in total. The summed E-state index contributed by atoms with van der Waals surface area (Å²) in [7, 11) is -3.80. The van der Waals surface area contributed by atoms with Crippen LogP contribution in [0.3, 0.4) is 0 Å². The largest absolute Gasteiger partial charge is 0.482 e. The molecule has 0 aromatic heterocycles. The second-order valence-corrected chi connectivity index (χ2v) is 10.3. The van der Waals surface area contributed by atoms with E-state index in [9.17, 15) is 13.2 Å². The Hall–Kier alpha value is -2.58. The third-order valence-electron chi connectivity index (χ3n) is 5.52. The lowest BCUT2D eigenvalue weighted by atomic mass is 9.87. The zero-order valence-electron chi connectivity index (χ0n) is 17.4. The molecule has 0 unspecified atom stereocenters. The number of carbonyl (C=O) groups is 1. The molecule has 0 radical (unpaired) electrons. The third kappa shape index (κ3) is 5.33. The van der Waals surface area contributed by atoms with Gasteiger partial charge in [-0.3, -0.25) is 0 Å². The fourth-order valence-corrected chi connectivity index (χ4v) is 5.65. The molecule has 1 aliphatic carbocycles. The quantitative estimate of drug-likeness (QED) is 0.443. The Morgan fingerprint density at radius 3 is 2.58 bits per heavy atom. The van der Waals surface area contributed by atoms with Gasteiger partial charge in [0, 0.05) is 21.7 Å². The van der Waals surface area contributed by atoms with Crippen molar-refractivity contribution in [2.75, 3.05) is 6.61 Å². The summed E-state index contributed by atoms with van der Waals surface area (Å²) < 4.78 is 34.4. The molecule has 0 spiro atoms. The number of hydrogen-bond donors (Lipinski definition) is 2. The average molecular weight is 506 g/mol. The van der Waals surface area contributed by atoms with Crippen molar-refractivity contribution in [3.8, 4) is 16.9 Å². The summed E-state index contributed by atoms with van der Waals surface area (Å²) in [5.74, 6) is -0.593. The highest BCUT2D eigenvalue weighted by atomic mass is 35.5. The lowest BCUT2D eigenvalue weighted by Gasteiger charge is -2.27. The maximum absolute atomic E-state index is 13.1. The summed E-state index contributed by atoms with van der Waals surface area (Å²) in [4.78, 5) is 11.0. The molecule has 3 aromatic carbocycles. The van der Waals surface area contributed by atoms with Gasteiger partial charge in [-0.15, -0.1) is 0 Å². The zero-order chi connectivity index (χ0) is 23.6. The number of aliphatic carboxylic acids is 1. The zero-order valence-corrected chi connectivity index (χ0v) is 19.8. The summed E-state index contributed by atoms with van der Waals surface area (Å²) >= 11 is 12.3. The summed E-state index contributed by atoms with van der Waals surface area (Å²) in [6.07, 6.45) is 2.07. The van der Waals surface area contributed by atoms with E-state index in [0.717, 1.165) is 28.7 Å². The van der Waals surface area contributed by atoms with Crippen LogP contribution in [-0.4, -0.2) is 26.1 Å². The van der Waals surface area contributed by atoms with Gasteiger partial charge in [0.1, 0.15) is 5.75 Å². The van der Waals surface area contributed by atoms with Gasteiger partial charge in [0.25, 0.3) is 0 Å². The van der Waals surface area contributed by atoms with E-state index in [1.807, 2.05) is 6.07 Å². The first-order valence-electron chi connectivity index (χ1n) is 10.3. The van der Waals surface area contributed by atoms with Crippen molar-refractivity contribution >= 4 is 39.2 Å². The van der Waals surface area contributed by atoms with Gasteiger partial charge in [0.05, 0.1) is 4.90 Å². The minimum absolute atomic E-state index is 0.134. The lowest BCUT2D eigenvalue weighted by Crippen LogP contribution is -2.31. The Labute approximate surface area is 202 Å². The number of rotatable bonds is 7. The Balaban J connectivity index is 1.57. The molecule has 0 bridgehead atoms. The number of nitrogens with one attached hydrogen (secondary N) is 1. The first kappa shape index (κ1) is 23.6. The summed E-state index contributed by atoms with van der Waals surface area (Å²) in [6.45, 7) is -0.449. The van der Waals surface area contributed by atoms with Crippen LogP contribution in [0, 0.1) is 0 Å². The molecule has 1 atom stereocenters. The van der Waals surface area contributed by atoms with E-state index in [1.54, 1.807) is 42.5 Å². The van der Waals surface area contributed by atoms with Gasteiger partial charge >= 0.3 is 5.97 Å². The van der Waals surface area contributed by atoms with Crippen LogP contribution in [0.2, 0.25) is 10.0 Å². The summed E-state index contributed by atoms with van der Waals surface area (Å²) in [5, 5.41) is 9.96. The van der Waals surface area contributed by atoms with Crippen LogP contribution in [0.1, 0.15) is 30.0 Å². The van der Waals surface area contributed by atoms with Crippen molar-refractivity contribution in [3.05, 3.63) is 81.8 Å². The Morgan fingerprint density at radius 2 is 1.85 bits per heavy atom. The van der Waals surface area contributed by atoms with Crippen LogP contribution in [0.15, 0.2) is 65.6 Å². The highest BCUT2D eigenvalue weighted by Crippen LogP contribution is 2.36. The monoisotopic (exact) mass is 505 g/mol. The van der Waals surface area contributed by atoms with Crippen LogP contribution >= 0.6 is 23.2 Å². The van der Waals surface area contributed by atoms with Gasteiger partial charge in [0.2, 0.25) is 10.0 Å². The first-order chi connectivity index (χ1) is 15.7. The molecule has 0 amide bonds. The van der Waals surface area contributed by atoms with E-state index >= 15 is 0 Å². The van der Waals surface area contributed by atoms with Crippen molar-refractivity contribution in [2.24, 2.45) is 0 Å². The van der Waals surface area contributed by atoms with Gasteiger partial charge in [-0.2, -0.15) is 0 Å². The molecular weight excluding hydrogens is 485 g/mol. The topological polar surface area (TPSA) is 92.7 Å². The van der Waals surface area contributed by atoms with E-state index in [2.05, 4.69) is 4.72 Å². The molecule has 3 aromatic rings. The van der Waals surface area contributed by atoms with Crippen LogP contribution in [-0.2, 0) is 21.2 Å². The van der Waals surface area contributed by atoms with Gasteiger partial charge < -0.3 is 9.84 Å². The second-order valence-electron chi connectivity index (χ2n) is 7.72. The van der Waals surface area contributed by atoms with Crippen LogP contribution in [0.4, 0.5) is 0 Å². The maximum atomic E-state index is 13.1. The smallest absolute Gasteiger partial charge is 0.341 e. The third-order valence-corrected chi connectivity index (χ3v) is 7.57. The van der Waals surface area contributed by atoms with E-state index in [4.69, 9.17) is 33.0 Å². The molecule has 0 heterocycles. The molecule has 0 saturated carbocycles. The standard InChI is InChI=1S/C24H21Cl2NO5S/c25-16-9-12-21(26)20(13-16)15-7-10-17(11-8-15)33(30,31)27-22-5-1-4-19-18(22)3-2-6-23(19)32-14-24(28)29/h2-3,6-13,22,27H,1,4-5,14H2,(H,28,29)/t22-/m1/s1. The molecule has 0 saturated heterocycles. The van der Waals surface area contributed by atoms with Gasteiger partial charge in [-0.1, -0.05) is 47.5 Å². The minimum atomic E-state index is -3.80.